The maximum Gasteiger partial charge on any atom is 0.246 e. The third-order valence-electron chi connectivity index (χ3n) is 5.80. The van der Waals surface area contributed by atoms with E-state index in [1.807, 2.05) is 30.5 Å². The number of nitrogen functional groups attached to an aromatic ring is 1. The summed E-state index contributed by atoms with van der Waals surface area (Å²) in [6.07, 6.45) is 4.61. The van der Waals surface area contributed by atoms with Gasteiger partial charge in [-0.15, -0.1) is 0 Å². The predicted octanol–water partition coefficient (Wildman–Crippen LogP) is 3.27. The predicted molar refractivity (Wildman–Crippen MR) is 118 cm³/mol. The average molecular weight is 396 g/mol. The summed E-state index contributed by atoms with van der Waals surface area (Å²) in [5.74, 6) is 0.254. The molecule has 4 aromatic rings. The molecule has 1 atom stereocenters. The fraction of sp³-hybridized carbons (Fsp3) is 0.130. The Balaban J connectivity index is 1.77. The number of likely N-dealkylation sites (N-methyl/N-ethyl adjacent to an activating group) is 1. The van der Waals surface area contributed by atoms with Crippen LogP contribution in [-0.2, 0) is 11.3 Å². The minimum absolute atomic E-state index is 0.153. The highest BCUT2D eigenvalue weighted by molar-refractivity contribution is 6.08. The number of rotatable bonds is 3. The fourth-order valence-electron chi connectivity index (χ4n) is 4.29. The Morgan fingerprint density at radius 3 is 2.90 bits per heavy atom. The van der Waals surface area contributed by atoms with Gasteiger partial charge < -0.3 is 15.2 Å². The molecule has 0 radical (unpaired) electrons. The van der Waals surface area contributed by atoms with E-state index in [2.05, 4.69) is 38.7 Å². The van der Waals surface area contributed by atoms with Gasteiger partial charge in [0.05, 0.1) is 22.6 Å². The molecule has 0 bridgehead atoms. The highest BCUT2D eigenvalue weighted by Crippen LogP contribution is 2.44. The van der Waals surface area contributed by atoms with Crippen LogP contribution < -0.4 is 5.73 Å². The van der Waals surface area contributed by atoms with Crippen molar-refractivity contribution in [3.8, 4) is 11.1 Å². The molecule has 148 valence electrons. The molecule has 30 heavy (non-hydrogen) atoms. The second-order valence-electron chi connectivity index (χ2n) is 7.40. The van der Waals surface area contributed by atoms with Crippen LogP contribution in [0, 0.1) is 0 Å². The molecule has 3 aromatic heterocycles. The Morgan fingerprint density at radius 1 is 1.30 bits per heavy atom. The van der Waals surface area contributed by atoms with Crippen LogP contribution >= 0.6 is 0 Å². The van der Waals surface area contributed by atoms with E-state index in [0.717, 1.165) is 44.3 Å². The summed E-state index contributed by atoms with van der Waals surface area (Å²) in [5, 5.41) is 1.81. The molecule has 1 aromatic carbocycles. The molecular formula is C23H20N6O. The quantitative estimate of drug-likeness (QED) is 0.537. The topological polar surface area (TPSA) is 89.9 Å². The molecule has 0 saturated carbocycles. The van der Waals surface area contributed by atoms with E-state index in [-0.39, 0.29) is 11.9 Å². The first-order valence-corrected chi connectivity index (χ1v) is 9.57. The van der Waals surface area contributed by atoms with Crippen molar-refractivity contribution >= 4 is 39.2 Å². The lowest BCUT2D eigenvalue weighted by atomic mass is 9.97. The number of amides is 1. The van der Waals surface area contributed by atoms with E-state index >= 15 is 0 Å². The van der Waals surface area contributed by atoms with Crippen LogP contribution in [0.1, 0.15) is 5.69 Å². The lowest BCUT2D eigenvalue weighted by molar-refractivity contribution is -0.125. The van der Waals surface area contributed by atoms with E-state index in [4.69, 9.17) is 5.73 Å². The zero-order chi connectivity index (χ0) is 21.0. The van der Waals surface area contributed by atoms with Crippen LogP contribution in [0.5, 0.6) is 0 Å². The van der Waals surface area contributed by atoms with Gasteiger partial charge in [-0.3, -0.25) is 9.78 Å². The van der Waals surface area contributed by atoms with Crippen molar-refractivity contribution in [2.75, 3.05) is 12.8 Å². The van der Waals surface area contributed by atoms with E-state index < -0.39 is 0 Å². The number of hydrogen-bond donors (Lipinski definition) is 1. The number of anilines is 1. The molecule has 0 fully saturated rings. The number of nitrogens with zero attached hydrogens (tertiary/aromatic N) is 5. The SMILES string of the molecule is C=CC(=O)N(C)C1Cn2c(c(-c3cnc4ccccc4c3)c3c(N)ncnc32)C1=C. The van der Waals surface area contributed by atoms with Crippen molar-refractivity contribution in [2.45, 2.75) is 12.6 Å². The van der Waals surface area contributed by atoms with Crippen molar-refractivity contribution in [1.82, 2.24) is 24.4 Å². The Hall–Kier alpha value is -4.00. The van der Waals surface area contributed by atoms with Crippen molar-refractivity contribution in [2.24, 2.45) is 0 Å². The molecule has 2 N–H and O–H groups in total. The summed E-state index contributed by atoms with van der Waals surface area (Å²) in [5.41, 5.74) is 11.5. The van der Waals surface area contributed by atoms with Gasteiger partial charge in [-0.1, -0.05) is 31.4 Å². The smallest absolute Gasteiger partial charge is 0.246 e. The first kappa shape index (κ1) is 18.1. The third-order valence-corrected chi connectivity index (χ3v) is 5.80. The number of benzene rings is 1. The standard InChI is InChI=1S/C23H20N6O/c1-4-18(30)28(3)17-11-29-21(13(17)2)19(20-22(24)26-12-27-23(20)29)15-9-14-7-5-6-8-16(14)25-10-15/h4-10,12,17H,1-2,11H2,3H3,(H2,24,26,27). The molecule has 5 rings (SSSR count). The number of para-hydroxylation sites is 1. The molecule has 4 heterocycles. The molecule has 0 aliphatic carbocycles. The van der Waals surface area contributed by atoms with Crippen LogP contribution in [-0.4, -0.2) is 43.4 Å². The largest absolute Gasteiger partial charge is 0.383 e. The molecule has 1 unspecified atom stereocenters. The van der Waals surface area contributed by atoms with E-state index in [1.165, 1.54) is 12.4 Å². The minimum atomic E-state index is -0.196. The first-order chi connectivity index (χ1) is 14.5. The maximum absolute atomic E-state index is 12.2. The van der Waals surface area contributed by atoms with Crippen LogP contribution in [0.4, 0.5) is 5.82 Å². The van der Waals surface area contributed by atoms with Gasteiger partial charge in [0.2, 0.25) is 5.91 Å². The Morgan fingerprint density at radius 2 is 2.10 bits per heavy atom. The van der Waals surface area contributed by atoms with E-state index in [0.29, 0.717) is 12.4 Å². The summed E-state index contributed by atoms with van der Waals surface area (Å²) in [6, 6.07) is 9.84. The van der Waals surface area contributed by atoms with Gasteiger partial charge in [0, 0.05) is 36.3 Å². The Labute approximate surface area is 173 Å². The second kappa shape index (κ2) is 6.52. The number of nitrogens with two attached hydrogens (primary N) is 1. The molecular weight excluding hydrogens is 376 g/mol. The van der Waals surface area contributed by atoms with Gasteiger partial charge in [0.25, 0.3) is 0 Å². The van der Waals surface area contributed by atoms with E-state index in [9.17, 15) is 4.79 Å². The highest BCUT2D eigenvalue weighted by atomic mass is 16.2. The summed E-state index contributed by atoms with van der Waals surface area (Å²) in [6.45, 7) is 8.47. The summed E-state index contributed by atoms with van der Waals surface area (Å²) in [4.78, 5) is 27.2. The molecule has 0 spiro atoms. The van der Waals surface area contributed by atoms with Gasteiger partial charge >= 0.3 is 0 Å². The lowest BCUT2D eigenvalue weighted by Crippen LogP contribution is -2.36. The first-order valence-electron chi connectivity index (χ1n) is 9.57. The zero-order valence-corrected chi connectivity index (χ0v) is 16.5. The van der Waals surface area contributed by atoms with Gasteiger partial charge in [-0.05, 0) is 23.8 Å². The Kier molecular flexibility index (Phi) is 3.92. The fourth-order valence-corrected chi connectivity index (χ4v) is 4.29. The lowest BCUT2D eigenvalue weighted by Gasteiger charge is -2.24. The average Bonchev–Trinajstić information content (AvgIpc) is 3.28. The van der Waals surface area contributed by atoms with Crippen LogP contribution in [0.15, 0.2) is 62.1 Å². The number of carbonyl (C=O) groups is 1. The number of carbonyl (C=O) groups excluding carboxylic acids is 1. The zero-order valence-electron chi connectivity index (χ0n) is 16.5. The van der Waals surface area contributed by atoms with Crippen molar-refractivity contribution in [3.63, 3.8) is 0 Å². The van der Waals surface area contributed by atoms with E-state index in [1.54, 1.807) is 11.9 Å². The minimum Gasteiger partial charge on any atom is -0.383 e. The van der Waals surface area contributed by atoms with Crippen molar-refractivity contribution in [3.05, 3.63) is 67.8 Å². The molecule has 1 aliphatic rings. The van der Waals surface area contributed by atoms with Crippen molar-refractivity contribution < 1.29 is 4.79 Å². The number of fused-ring (bicyclic) bond motifs is 4. The second-order valence-corrected chi connectivity index (χ2v) is 7.40. The summed E-state index contributed by atoms with van der Waals surface area (Å²) < 4.78 is 2.07. The van der Waals surface area contributed by atoms with Gasteiger partial charge in [0.1, 0.15) is 17.8 Å². The van der Waals surface area contributed by atoms with Gasteiger partial charge in [-0.25, -0.2) is 9.97 Å². The summed E-state index contributed by atoms with van der Waals surface area (Å²) in [7, 11) is 1.76. The maximum atomic E-state index is 12.2. The molecule has 7 heteroatoms. The molecule has 0 saturated heterocycles. The number of aromatic nitrogens is 4. The highest BCUT2D eigenvalue weighted by Gasteiger charge is 2.36. The normalized spacial score (nSPS) is 15.5. The number of hydrogen-bond acceptors (Lipinski definition) is 5. The third kappa shape index (κ3) is 2.45. The van der Waals surface area contributed by atoms with Crippen molar-refractivity contribution in [1.29, 1.82) is 0 Å². The monoisotopic (exact) mass is 396 g/mol. The van der Waals surface area contributed by atoms with Gasteiger partial charge in [0.15, 0.2) is 0 Å². The molecule has 1 amide bonds. The Bertz CT molecular complexity index is 1370. The summed E-state index contributed by atoms with van der Waals surface area (Å²) >= 11 is 0. The van der Waals surface area contributed by atoms with Gasteiger partial charge in [-0.2, -0.15) is 0 Å². The van der Waals surface area contributed by atoms with Crippen LogP contribution in [0.25, 0.3) is 38.6 Å². The molecule has 7 nitrogen and oxygen atoms in total. The molecule has 1 aliphatic heterocycles. The van der Waals surface area contributed by atoms with Crippen LogP contribution in [0.2, 0.25) is 0 Å². The van der Waals surface area contributed by atoms with Crippen LogP contribution in [0.3, 0.4) is 0 Å². The number of pyridine rings is 1.